The summed E-state index contributed by atoms with van der Waals surface area (Å²) in [7, 11) is 0. The molecular weight excluding hydrogens is 350 g/mol. The second-order valence-corrected chi connectivity index (χ2v) is 7.41. The van der Waals surface area contributed by atoms with E-state index in [4.69, 9.17) is 4.74 Å². The molecule has 26 heavy (non-hydrogen) atoms. The van der Waals surface area contributed by atoms with E-state index < -0.39 is 0 Å². The van der Waals surface area contributed by atoms with Crippen molar-refractivity contribution in [2.24, 2.45) is 5.10 Å². The molecule has 0 aliphatic carbocycles. The van der Waals surface area contributed by atoms with Gasteiger partial charge in [-0.1, -0.05) is 18.2 Å². The van der Waals surface area contributed by atoms with Crippen molar-refractivity contribution in [1.82, 2.24) is 9.91 Å². The number of phenols is 1. The summed E-state index contributed by atoms with van der Waals surface area (Å²) in [6.45, 7) is 3.18. The number of nitrogens with zero attached hydrogens (tertiary/aromatic N) is 3. The van der Waals surface area contributed by atoms with Crippen LogP contribution in [0.4, 0.5) is 0 Å². The fourth-order valence-electron chi connectivity index (χ4n) is 3.35. The highest BCUT2D eigenvalue weighted by Crippen LogP contribution is 2.35. The first kappa shape index (κ1) is 17.2. The first-order chi connectivity index (χ1) is 12.7. The Balaban J connectivity index is 1.58. The lowest BCUT2D eigenvalue weighted by Crippen LogP contribution is -2.43. The van der Waals surface area contributed by atoms with Crippen LogP contribution in [-0.4, -0.2) is 59.5 Å². The van der Waals surface area contributed by atoms with Crippen LogP contribution in [0.5, 0.6) is 5.75 Å². The van der Waals surface area contributed by atoms with Gasteiger partial charge in [-0.3, -0.25) is 9.69 Å². The molecule has 0 bridgehead atoms. The van der Waals surface area contributed by atoms with Gasteiger partial charge in [-0.25, -0.2) is 5.01 Å². The van der Waals surface area contributed by atoms with Gasteiger partial charge in [0.1, 0.15) is 5.75 Å². The Bertz CT molecular complexity index is 800. The lowest BCUT2D eigenvalue weighted by Gasteiger charge is -2.29. The number of hydrogen-bond acceptors (Lipinski definition) is 6. The number of thiophene rings is 1. The van der Waals surface area contributed by atoms with Gasteiger partial charge in [0.05, 0.1) is 36.4 Å². The highest BCUT2D eigenvalue weighted by molar-refractivity contribution is 7.12. The molecular formula is C19H21N3O3S. The van der Waals surface area contributed by atoms with E-state index >= 15 is 0 Å². The number of amides is 1. The topological polar surface area (TPSA) is 65.4 Å². The first-order valence-electron chi connectivity index (χ1n) is 8.73. The molecule has 0 spiro atoms. The number of aromatic hydroxyl groups is 1. The summed E-state index contributed by atoms with van der Waals surface area (Å²) >= 11 is 1.62. The summed E-state index contributed by atoms with van der Waals surface area (Å²) in [5.74, 6) is 0.180. The lowest BCUT2D eigenvalue weighted by molar-refractivity contribution is -0.135. The third kappa shape index (κ3) is 3.65. The number of morpholine rings is 1. The molecule has 4 rings (SSSR count). The van der Waals surface area contributed by atoms with Gasteiger partial charge < -0.3 is 9.84 Å². The van der Waals surface area contributed by atoms with Crippen molar-refractivity contribution in [3.8, 4) is 5.75 Å². The standard InChI is InChI=1S/C19H21N3O3S/c23-15-4-1-3-14(11-15)17-12-16(18-5-2-10-26-18)20-22(17)19(24)13-21-6-8-25-9-7-21/h1-5,10-11,17,23H,6-9,12-13H2. The summed E-state index contributed by atoms with van der Waals surface area (Å²) in [6.07, 6.45) is 0.652. The molecule has 2 aliphatic rings. The van der Waals surface area contributed by atoms with E-state index in [0.717, 1.165) is 29.2 Å². The third-order valence-electron chi connectivity index (χ3n) is 4.69. The molecule has 136 valence electrons. The second kappa shape index (κ2) is 7.57. The summed E-state index contributed by atoms with van der Waals surface area (Å²) in [5.41, 5.74) is 1.82. The Morgan fingerprint density at radius 3 is 2.85 bits per heavy atom. The van der Waals surface area contributed by atoms with Crippen LogP contribution in [0.3, 0.4) is 0 Å². The van der Waals surface area contributed by atoms with Gasteiger partial charge in [0, 0.05) is 19.5 Å². The van der Waals surface area contributed by atoms with E-state index in [1.807, 2.05) is 23.6 Å². The average Bonchev–Trinajstić information content (AvgIpc) is 3.32. The fraction of sp³-hybridized carbons (Fsp3) is 0.368. The first-order valence-corrected chi connectivity index (χ1v) is 9.61. The smallest absolute Gasteiger partial charge is 0.257 e. The van der Waals surface area contributed by atoms with E-state index in [2.05, 4.69) is 10.0 Å². The van der Waals surface area contributed by atoms with Crippen molar-refractivity contribution in [1.29, 1.82) is 0 Å². The number of carbonyl (C=O) groups excluding carboxylic acids is 1. The molecule has 7 heteroatoms. The fourth-order valence-corrected chi connectivity index (χ4v) is 4.07. The molecule has 1 N–H and O–H groups in total. The quantitative estimate of drug-likeness (QED) is 0.897. The molecule has 1 unspecified atom stereocenters. The molecule has 1 atom stereocenters. The van der Waals surface area contributed by atoms with Crippen LogP contribution in [-0.2, 0) is 9.53 Å². The van der Waals surface area contributed by atoms with Crippen molar-refractivity contribution < 1.29 is 14.6 Å². The summed E-state index contributed by atoms with van der Waals surface area (Å²) in [6, 6.07) is 10.9. The molecule has 2 aromatic rings. The summed E-state index contributed by atoms with van der Waals surface area (Å²) in [4.78, 5) is 16.2. The van der Waals surface area contributed by atoms with E-state index in [0.29, 0.717) is 26.2 Å². The number of benzene rings is 1. The monoisotopic (exact) mass is 371 g/mol. The van der Waals surface area contributed by atoms with Gasteiger partial charge >= 0.3 is 0 Å². The van der Waals surface area contributed by atoms with Crippen LogP contribution in [0, 0.1) is 0 Å². The van der Waals surface area contributed by atoms with Gasteiger partial charge in [-0.05, 0) is 29.1 Å². The predicted octanol–water partition coefficient (Wildman–Crippen LogP) is 2.46. The van der Waals surface area contributed by atoms with Gasteiger partial charge in [-0.15, -0.1) is 11.3 Å². The maximum absolute atomic E-state index is 13.0. The van der Waals surface area contributed by atoms with Crippen LogP contribution >= 0.6 is 11.3 Å². The average molecular weight is 371 g/mol. The van der Waals surface area contributed by atoms with Crippen molar-refractivity contribution in [3.63, 3.8) is 0 Å². The molecule has 1 saturated heterocycles. The van der Waals surface area contributed by atoms with Gasteiger partial charge in [0.15, 0.2) is 0 Å². The molecule has 1 fully saturated rings. The second-order valence-electron chi connectivity index (χ2n) is 6.47. The van der Waals surface area contributed by atoms with Crippen LogP contribution in [0.15, 0.2) is 46.9 Å². The molecule has 0 radical (unpaired) electrons. The van der Waals surface area contributed by atoms with Crippen molar-refractivity contribution in [2.45, 2.75) is 12.5 Å². The summed E-state index contributed by atoms with van der Waals surface area (Å²) in [5, 5.41) is 18.1. The van der Waals surface area contributed by atoms with Crippen LogP contribution in [0.2, 0.25) is 0 Å². The minimum Gasteiger partial charge on any atom is -0.508 e. The highest BCUT2D eigenvalue weighted by atomic mass is 32.1. The number of rotatable bonds is 4. The Hall–Kier alpha value is -2.22. The molecule has 6 nitrogen and oxygen atoms in total. The van der Waals surface area contributed by atoms with E-state index in [9.17, 15) is 9.90 Å². The minimum absolute atomic E-state index is 0.0215. The Morgan fingerprint density at radius 2 is 2.12 bits per heavy atom. The zero-order chi connectivity index (χ0) is 17.9. The van der Waals surface area contributed by atoms with Crippen LogP contribution in [0.1, 0.15) is 22.9 Å². The summed E-state index contributed by atoms with van der Waals surface area (Å²) < 4.78 is 5.36. The normalized spacial score (nSPS) is 21.0. The molecule has 0 saturated carbocycles. The zero-order valence-corrected chi connectivity index (χ0v) is 15.2. The Kier molecular flexibility index (Phi) is 5.01. The van der Waals surface area contributed by atoms with Crippen molar-refractivity contribution in [2.75, 3.05) is 32.8 Å². The molecule has 3 heterocycles. The minimum atomic E-state index is -0.187. The van der Waals surface area contributed by atoms with Gasteiger partial charge in [-0.2, -0.15) is 5.10 Å². The molecule has 1 aromatic heterocycles. The predicted molar refractivity (Wildman–Crippen MR) is 100 cm³/mol. The number of phenolic OH excluding ortho intramolecular Hbond substituents is 1. The van der Waals surface area contributed by atoms with Crippen LogP contribution in [0.25, 0.3) is 0 Å². The van der Waals surface area contributed by atoms with Gasteiger partial charge in [0.2, 0.25) is 0 Å². The molecule has 2 aliphatic heterocycles. The molecule has 1 aromatic carbocycles. The number of carbonyl (C=O) groups is 1. The number of hydrogen-bond donors (Lipinski definition) is 1. The number of hydrazone groups is 1. The SMILES string of the molecule is O=C(CN1CCOCC1)N1N=C(c2cccs2)CC1c1cccc(O)c1. The van der Waals surface area contributed by atoms with E-state index in [-0.39, 0.29) is 17.7 Å². The Morgan fingerprint density at radius 1 is 1.27 bits per heavy atom. The maximum atomic E-state index is 13.0. The zero-order valence-electron chi connectivity index (χ0n) is 14.4. The molecule has 1 amide bonds. The Labute approximate surface area is 156 Å². The highest BCUT2D eigenvalue weighted by Gasteiger charge is 2.34. The van der Waals surface area contributed by atoms with E-state index in [1.165, 1.54) is 0 Å². The van der Waals surface area contributed by atoms with Crippen molar-refractivity contribution in [3.05, 3.63) is 52.2 Å². The third-order valence-corrected chi connectivity index (χ3v) is 5.61. The van der Waals surface area contributed by atoms with E-state index in [1.54, 1.807) is 34.5 Å². The largest absolute Gasteiger partial charge is 0.508 e. The van der Waals surface area contributed by atoms with Crippen LogP contribution < -0.4 is 0 Å². The maximum Gasteiger partial charge on any atom is 0.257 e. The van der Waals surface area contributed by atoms with Gasteiger partial charge in [0.25, 0.3) is 5.91 Å². The number of ether oxygens (including phenoxy) is 1. The van der Waals surface area contributed by atoms with Crippen molar-refractivity contribution >= 4 is 23.0 Å². The lowest BCUT2D eigenvalue weighted by atomic mass is 10.0.